The van der Waals surface area contributed by atoms with Crippen LogP contribution in [0.4, 0.5) is 0 Å². The molecule has 0 saturated carbocycles. The fourth-order valence-corrected chi connectivity index (χ4v) is 1.81. The Hall–Kier alpha value is -1.98. The second kappa shape index (κ2) is 6.20. The van der Waals surface area contributed by atoms with Crippen molar-refractivity contribution in [3.8, 4) is 0 Å². The molecule has 0 N–H and O–H groups in total. The zero-order valence-corrected chi connectivity index (χ0v) is 12.8. The van der Waals surface area contributed by atoms with Crippen molar-refractivity contribution < 1.29 is 9.53 Å². The van der Waals surface area contributed by atoms with Crippen LogP contribution >= 0.6 is 11.6 Å². The zero-order valence-electron chi connectivity index (χ0n) is 12.1. The number of halogens is 1. The number of hydrogen-bond donors (Lipinski definition) is 0. The second-order valence-corrected chi connectivity index (χ2v) is 5.40. The van der Waals surface area contributed by atoms with E-state index >= 15 is 0 Å². The van der Waals surface area contributed by atoms with Gasteiger partial charge in [-0.15, -0.1) is 0 Å². The molecule has 5 nitrogen and oxygen atoms in total. The van der Waals surface area contributed by atoms with E-state index < -0.39 is 5.60 Å². The Morgan fingerprint density at radius 1 is 1.33 bits per heavy atom. The van der Waals surface area contributed by atoms with Gasteiger partial charge in [-0.2, -0.15) is 5.10 Å². The molecule has 0 aliphatic heterocycles. The van der Waals surface area contributed by atoms with Crippen LogP contribution in [0, 0.1) is 0 Å². The largest absolute Gasteiger partial charge is 0.371 e. The van der Waals surface area contributed by atoms with E-state index in [2.05, 4.69) is 10.1 Å². The summed E-state index contributed by atoms with van der Waals surface area (Å²) in [7, 11) is 1.50. The average Bonchev–Trinajstić information content (AvgIpc) is 3.00. The highest BCUT2D eigenvalue weighted by Crippen LogP contribution is 2.21. The summed E-state index contributed by atoms with van der Waals surface area (Å²) >= 11 is 5.87. The smallest absolute Gasteiger partial charge is 0.212 e. The van der Waals surface area contributed by atoms with Gasteiger partial charge in [0.05, 0.1) is 0 Å². The van der Waals surface area contributed by atoms with Gasteiger partial charge in [0.2, 0.25) is 5.78 Å². The molecule has 0 spiro atoms. The number of nitrogens with zero attached hydrogens (tertiary/aromatic N) is 3. The maximum atomic E-state index is 12.7. The first-order chi connectivity index (χ1) is 9.94. The quantitative estimate of drug-likeness (QED) is 0.797. The van der Waals surface area contributed by atoms with Gasteiger partial charge in [-0.25, -0.2) is 9.67 Å². The van der Waals surface area contributed by atoms with Gasteiger partial charge < -0.3 is 4.74 Å². The fraction of sp³-hybridized carbons (Fsp3) is 0.267. The number of hydrogen-bond acceptors (Lipinski definition) is 4. The van der Waals surface area contributed by atoms with Gasteiger partial charge in [-0.3, -0.25) is 4.79 Å². The number of carbonyl (C=O) groups is 1. The third kappa shape index (κ3) is 3.56. The normalized spacial score (nSPS) is 12.5. The van der Waals surface area contributed by atoms with Crippen molar-refractivity contribution in [2.24, 2.45) is 0 Å². The number of aromatic nitrogens is 3. The van der Waals surface area contributed by atoms with Gasteiger partial charge in [0.15, 0.2) is 0 Å². The minimum absolute atomic E-state index is 0.189. The van der Waals surface area contributed by atoms with Crippen LogP contribution in [-0.2, 0) is 9.53 Å². The van der Waals surface area contributed by atoms with Crippen LogP contribution in [0.3, 0.4) is 0 Å². The van der Waals surface area contributed by atoms with E-state index in [1.165, 1.54) is 24.4 Å². The van der Waals surface area contributed by atoms with Crippen LogP contribution in [0.1, 0.15) is 19.4 Å². The van der Waals surface area contributed by atoms with Crippen molar-refractivity contribution in [3.05, 3.63) is 47.5 Å². The highest BCUT2D eigenvalue weighted by Gasteiger charge is 2.31. The van der Waals surface area contributed by atoms with E-state index in [1.807, 2.05) is 12.1 Å². The lowest BCUT2D eigenvalue weighted by Crippen LogP contribution is -2.35. The third-order valence-electron chi connectivity index (χ3n) is 3.13. The summed E-state index contributed by atoms with van der Waals surface area (Å²) in [5.41, 5.74) is 0.260. The van der Waals surface area contributed by atoms with Gasteiger partial charge >= 0.3 is 0 Å². The van der Waals surface area contributed by atoms with Crippen LogP contribution in [-0.4, -0.2) is 33.3 Å². The maximum absolute atomic E-state index is 12.7. The molecule has 1 aromatic heterocycles. The molecular weight excluding hydrogens is 290 g/mol. The highest BCUT2D eigenvalue weighted by atomic mass is 35.5. The summed E-state index contributed by atoms with van der Waals surface area (Å²) in [4.78, 5) is 16.5. The first-order valence-corrected chi connectivity index (χ1v) is 6.74. The highest BCUT2D eigenvalue weighted by molar-refractivity contribution is 6.30. The minimum atomic E-state index is -0.954. The molecule has 0 saturated heterocycles. The SMILES string of the molecule is COC(C)(C)C(=O)/C(=C/c1ccc(Cl)cc1)n1cncn1. The van der Waals surface area contributed by atoms with Crippen molar-refractivity contribution >= 4 is 29.2 Å². The van der Waals surface area contributed by atoms with Gasteiger partial charge in [-0.05, 0) is 37.6 Å². The molecule has 21 heavy (non-hydrogen) atoms. The first-order valence-electron chi connectivity index (χ1n) is 6.36. The van der Waals surface area contributed by atoms with E-state index in [-0.39, 0.29) is 5.78 Å². The molecule has 1 heterocycles. The van der Waals surface area contributed by atoms with Crippen molar-refractivity contribution in [1.29, 1.82) is 0 Å². The van der Waals surface area contributed by atoms with E-state index in [4.69, 9.17) is 16.3 Å². The standard InChI is InChI=1S/C15H16ClN3O2/c1-15(2,21-3)14(20)13(19-10-17-9-18-19)8-11-4-6-12(16)7-5-11/h4-10H,1-3H3/b13-8-. The van der Waals surface area contributed by atoms with Gasteiger partial charge in [0.25, 0.3) is 0 Å². The lowest BCUT2D eigenvalue weighted by Gasteiger charge is -2.22. The number of ether oxygens (including phenoxy) is 1. The minimum Gasteiger partial charge on any atom is -0.371 e. The molecule has 2 rings (SSSR count). The summed E-state index contributed by atoms with van der Waals surface area (Å²) in [6.45, 7) is 3.42. The molecule has 0 bridgehead atoms. The summed E-state index contributed by atoms with van der Waals surface area (Å²) < 4.78 is 6.69. The molecule has 0 amide bonds. The first kappa shape index (κ1) is 15.4. The van der Waals surface area contributed by atoms with Crippen LogP contribution in [0.25, 0.3) is 11.8 Å². The molecule has 0 aliphatic rings. The summed E-state index contributed by atoms with van der Waals surface area (Å²) in [6.07, 6.45) is 4.59. The Kier molecular flexibility index (Phi) is 4.55. The van der Waals surface area contributed by atoms with Crippen LogP contribution in [0.5, 0.6) is 0 Å². The second-order valence-electron chi connectivity index (χ2n) is 4.96. The number of carbonyl (C=O) groups excluding carboxylic acids is 1. The molecule has 6 heteroatoms. The number of rotatable bonds is 5. The Balaban J connectivity index is 2.47. The van der Waals surface area contributed by atoms with Crippen molar-refractivity contribution in [2.75, 3.05) is 7.11 Å². The van der Waals surface area contributed by atoms with Gasteiger partial charge in [0, 0.05) is 12.1 Å². The lowest BCUT2D eigenvalue weighted by atomic mass is 9.99. The molecule has 0 unspecified atom stereocenters. The summed E-state index contributed by atoms with van der Waals surface area (Å²) in [5.74, 6) is -0.189. The Morgan fingerprint density at radius 3 is 2.52 bits per heavy atom. The molecule has 0 atom stereocenters. The predicted octanol–water partition coefficient (Wildman–Crippen LogP) is 2.92. The van der Waals surface area contributed by atoms with Crippen molar-refractivity contribution in [1.82, 2.24) is 14.8 Å². The van der Waals surface area contributed by atoms with Crippen LogP contribution in [0.2, 0.25) is 5.02 Å². The number of ketones is 1. The van der Waals surface area contributed by atoms with Gasteiger partial charge in [-0.1, -0.05) is 23.7 Å². The summed E-state index contributed by atoms with van der Waals surface area (Å²) in [5, 5.41) is 4.67. The molecule has 0 fully saturated rings. The Labute approximate surface area is 128 Å². The van der Waals surface area contributed by atoms with E-state index in [0.29, 0.717) is 10.7 Å². The number of benzene rings is 1. The van der Waals surface area contributed by atoms with E-state index in [1.54, 1.807) is 32.1 Å². The number of Topliss-reactive ketones (excluding diaryl/α,β-unsaturated/α-hetero) is 1. The summed E-state index contributed by atoms with van der Waals surface area (Å²) in [6, 6.07) is 7.18. The molecular formula is C15H16ClN3O2. The molecule has 1 aromatic carbocycles. The monoisotopic (exact) mass is 305 g/mol. The molecule has 0 radical (unpaired) electrons. The third-order valence-corrected chi connectivity index (χ3v) is 3.38. The number of methoxy groups -OCH3 is 1. The fourth-order valence-electron chi connectivity index (χ4n) is 1.69. The van der Waals surface area contributed by atoms with E-state index in [9.17, 15) is 4.79 Å². The Morgan fingerprint density at radius 2 is 2.00 bits per heavy atom. The van der Waals surface area contributed by atoms with E-state index in [0.717, 1.165) is 5.56 Å². The average molecular weight is 306 g/mol. The molecule has 2 aromatic rings. The maximum Gasteiger partial charge on any atom is 0.212 e. The van der Waals surface area contributed by atoms with Crippen LogP contribution < -0.4 is 0 Å². The lowest BCUT2D eigenvalue weighted by molar-refractivity contribution is -0.131. The topological polar surface area (TPSA) is 57.0 Å². The Bertz CT molecular complexity index is 646. The molecule has 0 aliphatic carbocycles. The van der Waals surface area contributed by atoms with Crippen molar-refractivity contribution in [3.63, 3.8) is 0 Å². The molecule has 110 valence electrons. The van der Waals surface area contributed by atoms with Crippen molar-refractivity contribution in [2.45, 2.75) is 19.4 Å². The van der Waals surface area contributed by atoms with Crippen LogP contribution in [0.15, 0.2) is 36.9 Å². The zero-order chi connectivity index (χ0) is 15.5. The van der Waals surface area contributed by atoms with Gasteiger partial charge in [0.1, 0.15) is 24.0 Å². The predicted molar refractivity (Wildman–Crippen MR) is 81.7 cm³/mol.